The first-order chi connectivity index (χ1) is 18.1. The second kappa shape index (κ2) is 10.5. The number of amides is 1. The van der Waals surface area contributed by atoms with Gasteiger partial charge in [-0.25, -0.2) is 9.97 Å². The molecule has 1 saturated carbocycles. The lowest BCUT2D eigenvalue weighted by Crippen LogP contribution is -2.51. The maximum absolute atomic E-state index is 13.2. The van der Waals surface area contributed by atoms with E-state index in [1.807, 2.05) is 24.9 Å². The fourth-order valence-electron chi connectivity index (χ4n) is 5.49. The highest BCUT2D eigenvalue weighted by molar-refractivity contribution is 5.90. The van der Waals surface area contributed by atoms with Crippen LogP contribution in [0.15, 0.2) is 42.5 Å². The first-order valence-electron chi connectivity index (χ1n) is 13.2. The van der Waals surface area contributed by atoms with Crippen LogP contribution in [0.4, 0.5) is 19.0 Å². The van der Waals surface area contributed by atoms with E-state index in [1.54, 1.807) is 13.0 Å². The molecule has 0 bridgehead atoms. The maximum Gasteiger partial charge on any atom is 0.416 e. The molecule has 1 amide bonds. The molecule has 2 aliphatic rings. The van der Waals surface area contributed by atoms with Crippen LogP contribution in [0.2, 0.25) is 0 Å². The zero-order valence-electron chi connectivity index (χ0n) is 21.9. The molecule has 2 heterocycles. The van der Waals surface area contributed by atoms with Gasteiger partial charge in [-0.05, 0) is 80.8 Å². The number of fused-ring (bicyclic) bond motifs is 1. The Labute approximate surface area is 220 Å². The van der Waals surface area contributed by atoms with E-state index in [9.17, 15) is 18.0 Å². The van der Waals surface area contributed by atoms with E-state index >= 15 is 0 Å². The highest BCUT2D eigenvalue weighted by Gasteiger charge is 2.34. The summed E-state index contributed by atoms with van der Waals surface area (Å²) in [6, 6.07) is 11.4. The van der Waals surface area contributed by atoms with Gasteiger partial charge in [-0.1, -0.05) is 18.2 Å². The van der Waals surface area contributed by atoms with Crippen molar-refractivity contribution in [3.8, 4) is 0 Å². The van der Waals surface area contributed by atoms with Gasteiger partial charge in [-0.3, -0.25) is 4.79 Å². The Morgan fingerprint density at radius 2 is 1.82 bits per heavy atom. The Kier molecular flexibility index (Phi) is 7.31. The van der Waals surface area contributed by atoms with Crippen molar-refractivity contribution >= 4 is 22.6 Å². The van der Waals surface area contributed by atoms with E-state index in [4.69, 9.17) is 4.74 Å². The molecule has 1 aliphatic heterocycles. The number of carbonyl (C=O) groups excluding carboxylic acids is 1. The number of aromatic nitrogens is 2. The van der Waals surface area contributed by atoms with Gasteiger partial charge in [0.05, 0.1) is 30.3 Å². The van der Waals surface area contributed by atoms with E-state index in [-0.39, 0.29) is 17.9 Å². The van der Waals surface area contributed by atoms with Gasteiger partial charge >= 0.3 is 6.18 Å². The molecular formula is C29H33F3N4O2. The van der Waals surface area contributed by atoms with Crippen molar-refractivity contribution in [1.29, 1.82) is 0 Å². The molecule has 38 heavy (non-hydrogen) atoms. The van der Waals surface area contributed by atoms with Crippen LogP contribution in [-0.2, 0) is 15.7 Å². The number of rotatable bonds is 6. The summed E-state index contributed by atoms with van der Waals surface area (Å²) < 4.78 is 44.9. The van der Waals surface area contributed by atoms with Gasteiger partial charge in [0.1, 0.15) is 11.6 Å². The number of carbonyl (C=O) groups is 1. The Morgan fingerprint density at radius 3 is 2.47 bits per heavy atom. The molecule has 0 spiro atoms. The number of nitrogens with one attached hydrogen (secondary N) is 1. The number of ether oxygens (including phenoxy) is 1. The molecule has 1 atom stereocenters. The van der Waals surface area contributed by atoms with Crippen molar-refractivity contribution in [2.75, 3.05) is 25.6 Å². The number of aryl methyl sites for hydroxylation is 1. The van der Waals surface area contributed by atoms with Gasteiger partial charge in [0.25, 0.3) is 0 Å². The molecule has 5 rings (SSSR count). The summed E-state index contributed by atoms with van der Waals surface area (Å²) in [6.45, 7) is 4.88. The largest absolute Gasteiger partial charge is 0.416 e. The molecule has 1 N–H and O–H groups in total. The minimum atomic E-state index is -4.40. The van der Waals surface area contributed by atoms with Crippen molar-refractivity contribution in [3.63, 3.8) is 0 Å². The maximum atomic E-state index is 13.2. The van der Waals surface area contributed by atoms with E-state index in [0.717, 1.165) is 42.7 Å². The van der Waals surface area contributed by atoms with Crippen LogP contribution in [0.5, 0.6) is 0 Å². The van der Waals surface area contributed by atoms with Crippen molar-refractivity contribution in [1.82, 2.24) is 14.9 Å². The molecule has 3 aromatic rings. The number of hydrogen-bond acceptors (Lipinski definition) is 5. The Hall–Kier alpha value is -3.20. The summed E-state index contributed by atoms with van der Waals surface area (Å²) >= 11 is 0. The molecule has 2 fully saturated rings. The number of anilines is 1. The highest BCUT2D eigenvalue weighted by Crippen LogP contribution is 2.39. The Morgan fingerprint density at radius 1 is 1.08 bits per heavy atom. The van der Waals surface area contributed by atoms with Crippen molar-refractivity contribution in [3.05, 3.63) is 65.0 Å². The Bertz CT molecular complexity index is 1320. The number of hydrogen-bond donors (Lipinski definition) is 1. The number of nitrogens with zero attached hydrogens (tertiary/aromatic N) is 3. The SMILES string of the molecule is Cc1nc(N[C@H](C)c2cccc(C(F)(F)F)c2)c2cc([C@H]3CC[C@@H](C(=O)N(C)C4COC4)CC3)ccc2n1. The average molecular weight is 527 g/mol. The van der Waals surface area contributed by atoms with Gasteiger partial charge in [-0.2, -0.15) is 13.2 Å². The normalized spacial score (nSPS) is 21.1. The quantitative estimate of drug-likeness (QED) is 0.411. The van der Waals surface area contributed by atoms with Gasteiger partial charge in [0.15, 0.2) is 0 Å². The lowest BCUT2D eigenvalue weighted by atomic mass is 9.78. The topological polar surface area (TPSA) is 67.4 Å². The summed E-state index contributed by atoms with van der Waals surface area (Å²) in [7, 11) is 1.88. The Balaban J connectivity index is 1.33. The van der Waals surface area contributed by atoms with Gasteiger partial charge in [0.2, 0.25) is 5.91 Å². The smallest absolute Gasteiger partial charge is 0.377 e. The first kappa shape index (κ1) is 26.4. The molecule has 9 heteroatoms. The predicted octanol–water partition coefficient (Wildman–Crippen LogP) is 6.26. The van der Waals surface area contributed by atoms with Crippen LogP contribution in [0.1, 0.15) is 67.1 Å². The molecule has 202 valence electrons. The molecule has 1 aliphatic carbocycles. The summed E-state index contributed by atoms with van der Waals surface area (Å²) in [4.78, 5) is 23.9. The first-order valence-corrected chi connectivity index (χ1v) is 13.2. The highest BCUT2D eigenvalue weighted by atomic mass is 19.4. The third-order valence-corrected chi connectivity index (χ3v) is 7.96. The van der Waals surface area contributed by atoms with Crippen LogP contribution >= 0.6 is 0 Å². The molecule has 1 saturated heterocycles. The number of halogens is 3. The van der Waals surface area contributed by atoms with Crippen LogP contribution in [-0.4, -0.2) is 47.1 Å². The molecule has 0 unspecified atom stereocenters. The molecule has 0 radical (unpaired) electrons. The van der Waals surface area contributed by atoms with Crippen molar-refractivity contribution in [2.24, 2.45) is 5.92 Å². The average Bonchev–Trinajstić information content (AvgIpc) is 2.86. The lowest BCUT2D eigenvalue weighted by Gasteiger charge is -2.38. The second-order valence-electron chi connectivity index (χ2n) is 10.6. The fourth-order valence-corrected chi connectivity index (χ4v) is 5.49. The monoisotopic (exact) mass is 526 g/mol. The summed E-state index contributed by atoms with van der Waals surface area (Å²) in [5, 5.41) is 4.17. The van der Waals surface area contributed by atoms with Crippen LogP contribution in [0, 0.1) is 12.8 Å². The zero-order valence-corrected chi connectivity index (χ0v) is 21.9. The summed E-state index contributed by atoms with van der Waals surface area (Å²) in [6.07, 6.45) is -0.851. The van der Waals surface area contributed by atoms with Gasteiger partial charge in [-0.15, -0.1) is 0 Å². The number of benzene rings is 2. The van der Waals surface area contributed by atoms with Crippen molar-refractivity contribution in [2.45, 2.75) is 63.7 Å². The van der Waals surface area contributed by atoms with Crippen molar-refractivity contribution < 1.29 is 22.7 Å². The van der Waals surface area contributed by atoms with Gasteiger partial charge < -0.3 is 15.0 Å². The number of likely N-dealkylation sites (N-methyl/N-ethyl adjacent to an activating group) is 1. The molecule has 1 aromatic heterocycles. The zero-order chi connectivity index (χ0) is 27.0. The minimum Gasteiger partial charge on any atom is -0.377 e. The second-order valence-corrected chi connectivity index (χ2v) is 10.6. The summed E-state index contributed by atoms with van der Waals surface area (Å²) in [5.41, 5.74) is 1.82. The predicted molar refractivity (Wildman–Crippen MR) is 140 cm³/mol. The lowest BCUT2D eigenvalue weighted by molar-refractivity contribution is -0.147. The van der Waals surface area contributed by atoms with E-state index in [0.29, 0.717) is 36.3 Å². The van der Waals surface area contributed by atoms with E-state index < -0.39 is 17.8 Å². The van der Waals surface area contributed by atoms with E-state index in [2.05, 4.69) is 27.4 Å². The van der Waals surface area contributed by atoms with Gasteiger partial charge in [0, 0.05) is 24.4 Å². The van der Waals surface area contributed by atoms with Crippen LogP contribution in [0.25, 0.3) is 10.9 Å². The minimum absolute atomic E-state index is 0.0498. The fraction of sp³-hybridized carbons (Fsp3) is 0.483. The third kappa shape index (κ3) is 5.48. The van der Waals surface area contributed by atoms with E-state index in [1.165, 1.54) is 17.7 Å². The van der Waals surface area contributed by atoms with Crippen LogP contribution < -0.4 is 5.32 Å². The summed E-state index contributed by atoms with van der Waals surface area (Å²) in [5.74, 6) is 1.79. The standard InChI is InChI=1S/C29H33F3N4O2/c1-17(21-5-4-6-23(13-21)29(30,31)32)33-27-25-14-22(11-12-26(25)34-18(2)35-27)19-7-9-20(10-8-19)28(37)36(3)24-15-38-16-24/h4-6,11-14,17,19-20,24H,7-10,15-16H2,1-3H3,(H,33,34,35)/t17-,19-,20+/m1/s1. The number of alkyl halides is 3. The molecule has 2 aromatic carbocycles. The molecule has 6 nitrogen and oxygen atoms in total. The molecular weight excluding hydrogens is 493 g/mol. The van der Waals surface area contributed by atoms with Crippen LogP contribution in [0.3, 0.4) is 0 Å². The third-order valence-electron chi connectivity index (χ3n) is 7.96.